The van der Waals surface area contributed by atoms with Gasteiger partial charge in [-0.25, -0.2) is 0 Å². The highest BCUT2D eigenvalue weighted by atomic mass is 35.5. The predicted octanol–water partition coefficient (Wildman–Crippen LogP) is 0.434. The summed E-state index contributed by atoms with van der Waals surface area (Å²) in [6, 6.07) is 0. The molecule has 0 saturated carbocycles. The van der Waals surface area contributed by atoms with E-state index in [0.717, 1.165) is 5.71 Å². The second-order valence-corrected chi connectivity index (χ2v) is 2.16. The number of nitrogens with two attached hydrogens (primary N) is 1. The largest absolute Gasteiger partial charge is 0.375 e. The molecule has 0 fully saturated rings. The molecule has 0 heterocycles. The minimum atomic E-state index is 0.152. The molecular weight excluding hydrogens is 158 g/mol. The van der Waals surface area contributed by atoms with Crippen molar-refractivity contribution < 1.29 is 0 Å². The Hall–Kier alpha value is -0.350. The average Bonchev–Trinajstić information content (AvgIpc) is 1.83. The first-order valence-electron chi connectivity index (χ1n) is 2.31. The van der Waals surface area contributed by atoms with Gasteiger partial charge in [-0.1, -0.05) is 0 Å². The van der Waals surface area contributed by atoms with Gasteiger partial charge in [-0.15, -0.1) is 11.6 Å². The van der Waals surface area contributed by atoms with Crippen LogP contribution in [0.15, 0.2) is 5.10 Å². The standard InChI is InChI=1S/C4H8ClN3S/c1-3(2-5)7-8-4(6)9/h2H2,1H3,(H3,6,8,9). The number of halogens is 1. The fourth-order valence-corrected chi connectivity index (χ4v) is 0.286. The zero-order valence-corrected chi connectivity index (χ0v) is 6.59. The number of alkyl halides is 1. The van der Waals surface area contributed by atoms with Crippen molar-refractivity contribution >= 4 is 34.6 Å². The third-order valence-corrected chi connectivity index (χ3v) is 1.03. The molecule has 0 rings (SSSR count). The summed E-state index contributed by atoms with van der Waals surface area (Å²) < 4.78 is 0. The number of hydrogen-bond donors (Lipinski definition) is 2. The van der Waals surface area contributed by atoms with Crippen LogP contribution >= 0.6 is 23.8 Å². The van der Waals surface area contributed by atoms with E-state index in [2.05, 4.69) is 22.7 Å². The molecule has 0 aliphatic carbocycles. The van der Waals surface area contributed by atoms with E-state index in [-0.39, 0.29) is 5.11 Å². The smallest absolute Gasteiger partial charge is 0.184 e. The summed E-state index contributed by atoms with van der Waals surface area (Å²) in [4.78, 5) is 0. The van der Waals surface area contributed by atoms with Crippen LogP contribution in [0.2, 0.25) is 0 Å². The van der Waals surface area contributed by atoms with Gasteiger partial charge in [0.1, 0.15) is 0 Å². The number of hydrogen-bond acceptors (Lipinski definition) is 2. The molecular formula is C4H8ClN3S. The van der Waals surface area contributed by atoms with Crippen LogP contribution in [0.4, 0.5) is 0 Å². The van der Waals surface area contributed by atoms with Gasteiger partial charge in [0.05, 0.1) is 5.88 Å². The van der Waals surface area contributed by atoms with Crippen molar-refractivity contribution in [3.63, 3.8) is 0 Å². The number of thiocarbonyl (C=S) groups is 1. The summed E-state index contributed by atoms with van der Waals surface area (Å²) in [6.07, 6.45) is 0. The Morgan fingerprint density at radius 1 is 1.89 bits per heavy atom. The van der Waals surface area contributed by atoms with E-state index in [0.29, 0.717) is 5.88 Å². The molecule has 0 aliphatic rings. The maximum atomic E-state index is 5.38. The highest BCUT2D eigenvalue weighted by Crippen LogP contribution is 1.78. The van der Waals surface area contributed by atoms with E-state index in [9.17, 15) is 0 Å². The molecule has 0 aromatic carbocycles. The molecule has 0 aromatic heterocycles. The molecule has 0 spiro atoms. The minimum Gasteiger partial charge on any atom is -0.375 e. The minimum absolute atomic E-state index is 0.152. The van der Waals surface area contributed by atoms with Crippen molar-refractivity contribution in [3.05, 3.63) is 0 Å². The lowest BCUT2D eigenvalue weighted by Crippen LogP contribution is -2.25. The Balaban J connectivity index is 3.56. The molecule has 3 nitrogen and oxygen atoms in total. The van der Waals surface area contributed by atoms with Gasteiger partial charge >= 0.3 is 0 Å². The third kappa shape index (κ3) is 5.52. The molecule has 0 bridgehead atoms. The third-order valence-electron chi connectivity index (χ3n) is 0.550. The Kier molecular flexibility index (Phi) is 4.35. The Morgan fingerprint density at radius 2 is 2.44 bits per heavy atom. The fraction of sp³-hybridized carbons (Fsp3) is 0.500. The van der Waals surface area contributed by atoms with Crippen molar-refractivity contribution in [2.45, 2.75) is 6.92 Å². The molecule has 52 valence electrons. The summed E-state index contributed by atoms with van der Waals surface area (Å²) in [5, 5.41) is 3.86. The second kappa shape index (κ2) is 4.52. The van der Waals surface area contributed by atoms with Crippen LogP contribution in [0.3, 0.4) is 0 Å². The van der Waals surface area contributed by atoms with Crippen LogP contribution in [-0.4, -0.2) is 16.7 Å². The van der Waals surface area contributed by atoms with Crippen LogP contribution in [-0.2, 0) is 0 Å². The molecule has 0 amide bonds. The molecule has 0 saturated heterocycles. The van der Waals surface area contributed by atoms with Gasteiger partial charge in [-0.05, 0) is 19.1 Å². The monoisotopic (exact) mass is 165 g/mol. The van der Waals surface area contributed by atoms with Gasteiger partial charge in [0, 0.05) is 5.71 Å². The van der Waals surface area contributed by atoms with E-state index >= 15 is 0 Å². The van der Waals surface area contributed by atoms with Crippen LogP contribution in [0, 0.1) is 0 Å². The molecule has 0 aliphatic heterocycles. The first-order chi connectivity index (χ1) is 4.16. The Morgan fingerprint density at radius 3 is 2.78 bits per heavy atom. The van der Waals surface area contributed by atoms with Crippen molar-refractivity contribution in [1.29, 1.82) is 0 Å². The van der Waals surface area contributed by atoms with Crippen LogP contribution < -0.4 is 11.2 Å². The van der Waals surface area contributed by atoms with Crippen LogP contribution in [0.5, 0.6) is 0 Å². The maximum absolute atomic E-state index is 5.38. The van der Waals surface area contributed by atoms with E-state index < -0.39 is 0 Å². The van der Waals surface area contributed by atoms with Gasteiger partial charge in [-0.3, -0.25) is 5.43 Å². The topological polar surface area (TPSA) is 50.4 Å². The summed E-state index contributed by atoms with van der Waals surface area (Å²) >= 11 is 9.86. The number of hydrazone groups is 1. The quantitative estimate of drug-likeness (QED) is 0.270. The molecule has 0 unspecified atom stereocenters. The first kappa shape index (κ1) is 8.65. The lowest BCUT2D eigenvalue weighted by molar-refractivity contribution is 1.03. The van der Waals surface area contributed by atoms with E-state index in [1.807, 2.05) is 0 Å². The molecule has 3 N–H and O–H groups in total. The van der Waals surface area contributed by atoms with E-state index in [1.165, 1.54) is 0 Å². The van der Waals surface area contributed by atoms with Crippen molar-refractivity contribution in [1.82, 2.24) is 5.43 Å². The number of nitrogens with one attached hydrogen (secondary N) is 1. The Labute approximate surface area is 64.3 Å². The van der Waals surface area contributed by atoms with Gasteiger partial charge in [0.25, 0.3) is 0 Å². The van der Waals surface area contributed by atoms with Crippen molar-refractivity contribution in [3.8, 4) is 0 Å². The molecule has 0 radical (unpaired) electrons. The SMILES string of the molecule is CC(CCl)=NNC(N)=S. The van der Waals surface area contributed by atoms with Crippen molar-refractivity contribution in [2.24, 2.45) is 10.8 Å². The highest BCUT2D eigenvalue weighted by Gasteiger charge is 1.85. The van der Waals surface area contributed by atoms with Crippen molar-refractivity contribution in [2.75, 3.05) is 5.88 Å². The number of nitrogens with zero attached hydrogens (tertiary/aromatic N) is 1. The van der Waals surface area contributed by atoms with Crippen LogP contribution in [0.1, 0.15) is 6.92 Å². The lowest BCUT2D eigenvalue weighted by atomic mass is 10.5. The zero-order chi connectivity index (χ0) is 7.28. The maximum Gasteiger partial charge on any atom is 0.184 e. The van der Waals surface area contributed by atoms with E-state index in [4.69, 9.17) is 17.3 Å². The second-order valence-electron chi connectivity index (χ2n) is 1.46. The summed E-state index contributed by atoms with van der Waals surface area (Å²) in [5.74, 6) is 0.385. The first-order valence-corrected chi connectivity index (χ1v) is 3.25. The van der Waals surface area contributed by atoms with Gasteiger partial charge in [0.15, 0.2) is 5.11 Å². The highest BCUT2D eigenvalue weighted by molar-refractivity contribution is 7.80. The summed E-state index contributed by atoms with van der Waals surface area (Å²) in [5.41, 5.74) is 8.23. The predicted molar refractivity (Wildman–Crippen MR) is 43.8 cm³/mol. The van der Waals surface area contributed by atoms with Crippen LogP contribution in [0.25, 0.3) is 0 Å². The molecule has 5 heteroatoms. The molecule has 0 atom stereocenters. The zero-order valence-electron chi connectivity index (χ0n) is 5.02. The number of rotatable bonds is 2. The van der Waals surface area contributed by atoms with Gasteiger partial charge in [-0.2, -0.15) is 5.10 Å². The summed E-state index contributed by atoms with van der Waals surface area (Å²) in [7, 11) is 0. The normalized spacial score (nSPS) is 11.1. The van der Waals surface area contributed by atoms with Gasteiger partial charge in [0.2, 0.25) is 0 Å². The van der Waals surface area contributed by atoms with E-state index in [1.54, 1.807) is 6.92 Å². The molecule has 0 aromatic rings. The fourth-order valence-electron chi connectivity index (χ4n) is 0.180. The molecule has 9 heavy (non-hydrogen) atoms. The van der Waals surface area contributed by atoms with Gasteiger partial charge < -0.3 is 5.73 Å². The summed E-state index contributed by atoms with van der Waals surface area (Å²) in [6.45, 7) is 1.78. The average molecular weight is 166 g/mol. The lowest BCUT2D eigenvalue weighted by Gasteiger charge is -1.95. The Bertz CT molecular complexity index is 134.